The lowest BCUT2D eigenvalue weighted by molar-refractivity contribution is 0.0240. The fourth-order valence-electron chi connectivity index (χ4n) is 4.70. The Hall–Kier alpha value is -4.06. The van der Waals surface area contributed by atoms with E-state index in [0.717, 1.165) is 29.9 Å². The zero-order chi connectivity index (χ0) is 31.5. The van der Waals surface area contributed by atoms with Gasteiger partial charge < -0.3 is 30.3 Å². The average molecular weight is 611 g/mol. The van der Waals surface area contributed by atoms with E-state index in [1.807, 2.05) is 27.7 Å². The van der Waals surface area contributed by atoms with Gasteiger partial charge in [-0.25, -0.2) is 14.6 Å². The first-order valence-electron chi connectivity index (χ1n) is 14.4. The van der Waals surface area contributed by atoms with Crippen LogP contribution >= 0.6 is 11.3 Å². The van der Waals surface area contributed by atoms with Gasteiger partial charge in [0.25, 0.3) is 5.91 Å². The Morgan fingerprint density at radius 2 is 1.60 bits per heavy atom. The second kappa shape index (κ2) is 12.7. The molecule has 1 saturated heterocycles. The van der Waals surface area contributed by atoms with Crippen LogP contribution in [0, 0.1) is 6.92 Å². The molecule has 0 aliphatic carbocycles. The minimum absolute atomic E-state index is 0.263. The molecule has 12 heteroatoms. The van der Waals surface area contributed by atoms with Crippen LogP contribution in [0.5, 0.6) is 0 Å². The van der Waals surface area contributed by atoms with Gasteiger partial charge in [0.15, 0.2) is 0 Å². The van der Waals surface area contributed by atoms with Crippen LogP contribution in [0.2, 0.25) is 0 Å². The summed E-state index contributed by atoms with van der Waals surface area (Å²) < 4.78 is 10.8. The minimum atomic E-state index is -0.635. The van der Waals surface area contributed by atoms with E-state index in [1.54, 1.807) is 31.7 Å². The number of carbonyl (C=O) groups excluding carboxylic acids is 3. The van der Waals surface area contributed by atoms with Crippen LogP contribution in [0.25, 0.3) is 10.2 Å². The quantitative estimate of drug-likeness (QED) is 0.330. The van der Waals surface area contributed by atoms with Crippen molar-refractivity contribution >= 4 is 56.8 Å². The van der Waals surface area contributed by atoms with Gasteiger partial charge in [0.1, 0.15) is 26.7 Å². The second-order valence-electron chi connectivity index (χ2n) is 12.6. The average Bonchev–Trinajstić information content (AvgIpc) is 3.23. The smallest absolute Gasteiger partial charge is 0.413 e. The van der Waals surface area contributed by atoms with Crippen molar-refractivity contribution in [3.8, 4) is 0 Å². The lowest BCUT2D eigenvalue weighted by atomic mass is 10.1. The third kappa shape index (κ3) is 8.50. The van der Waals surface area contributed by atoms with Gasteiger partial charge in [-0.1, -0.05) is 12.1 Å². The molecule has 0 bridgehead atoms. The molecule has 1 aliphatic rings. The molecule has 4 rings (SSSR count). The first kappa shape index (κ1) is 31.9. The number of rotatable bonds is 6. The van der Waals surface area contributed by atoms with Crippen LogP contribution in [-0.2, 0) is 15.9 Å². The first-order chi connectivity index (χ1) is 20.1. The number of amides is 3. The number of hydrogen-bond donors (Lipinski definition) is 3. The number of aromatic nitrogens is 1. The molecule has 3 heterocycles. The van der Waals surface area contributed by atoms with E-state index in [9.17, 15) is 14.4 Å². The number of nitrogens with zero attached hydrogens (tertiary/aromatic N) is 3. The number of anilines is 3. The Morgan fingerprint density at radius 3 is 2.21 bits per heavy atom. The highest BCUT2D eigenvalue weighted by atomic mass is 32.1. The van der Waals surface area contributed by atoms with Crippen molar-refractivity contribution in [1.29, 1.82) is 0 Å². The number of aryl methyl sites for hydroxylation is 1. The van der Waals surface area contributed by atoms with E-state index in [0.29, 0.717) is 52.7 Å². The summed E-state index contributed by atoms with van der Waals surface area (Å²) in [4.78, 5) is 47.0. The number of nitrogen functional groups attached to an aromatic ring is 1. The molecule has 0 radical (unpaired) electrons. The monoisotopic (exact) mass is 610 g/mol. The highest BCUT2D eigenvalue weighted by Crippen LogP contribution is 2.36. The van der Waals surface area contributed by atoms with E-state index in [-0.39, 0.29) is 12.0 Å². The molecular formula is C31H42N6O5S. The van der Waals surface area contributed by atoms with Crippen LogP contribution in [0.4, 0.5) is 26.8 Å². The van der Waals surface area contributed by atoms with Crippen molar-refractivity contribution in [1.82, 2.24) is 15.2 Å². The molecule has 0 atom stereocenters. The number of ether oxygens (including phenoxy) is 2. The van der Waals surface area contributed by atoms with Crippen LogP contribution in [0.3, 0.4) is 0 Å². The zero-order valence-corrected chi connectivity index (χ0v) is 26.8. The summed E-state index contributed by atoms with van der Waals surface area (Å²) in [6.07, 6.45) is -0.215. The number of nitrogens with two attached hydrogens (primary N) is 1. The topological polar surface area (TPSA) is 139 Å². The third-order valence-electron chi connectivity index (χ3n) is 6.66. The maximum absolute atomic E-state index is 13.0. The summed E-state index contributed by atoms with van der Waals surface area (Å²) in [5, 5.41) is 6.32. The Balaban J connectivity index is 1.30. The SMILES string of the molecule is Cc1cc(NC(=O)OC(C)(C)C)nc2sc(C(=O)NCCc3ccc(N4CCN(C(=O)OC(C)(C)C)CC4)cc3)c(N)c12. The number of carbonyl (C=O) groups is 3. The molecule has 4 N–H and O–H groups in total. The summed E-state index contributed by atoms with van der Waals surface area (Å²) in [5.74, 6) is 0.0712. The molecule has 3 amide bonds. The van der Waals surface area contributed by atoms with Crippen molar-refractivity contribution in [2.45, 2.75) is 66.1 Å². The van der Waals surface area contributed by atoms with Gasteiger partial charge in [0.2, 0.25) is 0 Å². The fraction of sp³-hybridized carbons (Fsp3) is 0.484. The molecule has 1 fully saturated rings. The molecule has 0 spiro atoms. The lowest BCUT2D eigenvalue weighted by Crippen LogP contribution is -2.50. The number of hydrogen-bond acceptors (Lipinski definition) is 9. The number of thiophene rings is 1. The van der Waals surface area contributed by atoms with Gasteiger partial charge in [-0.2, -0.15) is 0 Å². The largest absolute Gasteiger partial charge is 0.444 e. The summed E-state index contributed by atoms with van der Waals surface area (Å²) in [6.45, 7) is 16.0. The Bertz CT molecular complexity index is 1480. The van der Waals surface area contributed by atoms with Crippen molar-refractivity contribution in [2.24, 2.45) is 0 Å². The van der Waals surface area contributed by atoms with Gasteiger partial charge in [-0.15, -0.1) is 11.3 Å². The number of fused-ring (bicyclic) bond motifs is 1. The predicted molar refractivity (Wildman–Crippen MR) is 171 cm³/mol. The molecule has 43 heavy (non-hydrogen) atoms. The first-order valence-corrected chi connectivity index (χ1v) is 15.2. The molecule has 0 saturated carbocycles. The maximum atomic E-state index is 13.0. The standard InChI is InChI=1S/C31H42N6O5S/c1-19-18-22(35-28(39)41-30(2,3)4)34-27-23(19)24(32)25(43-27)26(38)33-13-12-20-8-10-21(11-9-20)36-14-16-37(17-15-36)29(40)42-31(5,6)7/h8-11,18H,12-17,32H2,1-7H3,(H,33,38)(H,34,35,39). The second-order valence-corrected chi connectivity index (χ2v) is 13.6. The summed E-state index contributed by atoms with van der Waals surface area (Å²) in [6, 6.07) is 9.97. The van der Waals surface area contributed by atoms with Crippen LogP contribution in [0.1, 0.15) is 62.3 Å². The molecule has 1 aromatic carbocycles. The van der Waals surface area contributed by atoms with Crippen LogP contribution in [0.15, 0.2) is 30.3 Å². The molecule has 3 aromatic rings. The van der Waals surface area contributed by atoms with Crippen LogP contribution < -0.4 is 21.3 Å². The maximum Gasteiger partial charge on any atom is 0.413 e. The summed E-state index contributed by atoms with van der Waals surface area (Å²) >= 11 is 1.19. The highest BCUT2D eigenvalue weighted by Gasteiger charge is 2.26. The molecule has 1 aliphatic heterocycles. The predicted octanol–water partition coefficient (Wildman–Crippen LogP) is 5.56. The summed E-state index contributed by atoms with van der Waals surface area (Å²) in [7, 11) is 0. The van der Waals surface area contributed by atoms with Crippen molar-refractivity contribution in [3.63, 3.8) is 0 Å². The van der Waals surface area contributed by atoms with Gasteiger partial charge in [0.05, 0.1) is 5.69 Å². The van der Waals surface area contributed by atoms with E-state index >= 15 is 0 Å². The molecule has 232 valence electrons. The van der Waals surface area contributed by atoms with Crippen LogP contribution in [-0.4, -0.2) is 71.9 Å². The van der Waals surface area contributed by atoms with Crippen molar-refractivity contribution < 1.29 is 23.9 Å². The number of benzene rings is 1. The Morgan fingerprint density at radius 1 is 0.977 bits per heavy atom. The van der Waals surface area contributed by atoms with E-state index < -0.39 is 17.3 Å². The van der Waals surface area contributed by atoms with Gasteiger partial charge in [-0.05, 0) is 84.2 Å². The summed E-state index contributed by atoms with van der Waals surface area (Å²) in [5.41, 5.74) is 8.59. The molecule has 2 aromatic heterocycles. The molecule has 11 nitrogen and oxygen atoms in total. The zero-order valence-electron chi connectivity index (χ0n) is 26.0. The van der Waals surface area contributed by atoms with E-state index in [2.05, 4.69) is 44.8 Å². The van der Waals surface area contributed by atoms with Gasteiger partial charge in [-0.3, -0.25) is 10.1 Å². The Labute approximate surface area is 256 Å². The Kier molecular flexibility index (Phi) is 9.38. The fourth-order valence-corrected chi connectivity index (χ4v) is 5.79. The number of nitrogens with one attached hydrogen (secondary N) is 2. The van der Waals surface area contributed by atoms with Crippen molar-refractivity contribution in [2.75, 3.05) is 48.7 Å². The number of pyridine rings is 1. The number of piperazine rings is 1. The minimum Gasteiger partial charge on any atom is -0.444 e. The normalized spacial score (nSPS) is 14.0. The highest BCUT2D eigenvalue weighted by molar-refractivity contribution is 7.21. The van der Waals surface area contributed by atoms with E-state index in [4.69, 9.17) is 15.2 Å². The van der Waals surface area contributed by atoms with Gasteiger partial charge in [0, 0.05) is 43.8 Å². The molecular weight excluding hydrogens is 568 g/mol. The lowest BCUT2D eigenvalue weighted by Gasteiger charge is -2.36. The van der Waals surface area contributed by atoms with Gasteiger partial charge >= 0.3 is 12.2 Å². The third-order valence-corrected chi connectivity index (χ3v) is 7.76. The van der Waals surface area contributed by atoms with Crippen molar-refractivity contribution in [3.05, 3.63) is 46.3 Å². The molecule has 0 unspecified atom stereocenters. The van der Waals surface area contributed by atoms with E-state index in [1.165, 1.54) is 11.3 Å².